The molecule has 0 aromatic rings. The molecule has 2 amide bonds. The highest BCUT2D eigenvalue weighted by Crippen LogP contribution is 2.12. The number of piperazine rings is 1. The molecule has 6 heteroatoms. The Morgan fingerprint density at radius 3 is 2.53 bits per heavy atom. The van der Waals surface area contributed by atoms with Crippen molar-refractivity contribution in [1.82, 2.24) is 15.5 Å². The van der Waals surface area contributed by atoms with Gasteiger partial charge in [0.15, 0.2) is 0 Å². The number of nitrogens with one attached hydrogen (secondary N) is 2. The average Bonchev–Trinajstić information content (AvgIpc) is 2.28. The number of ether oxygens (including phenoxy) is 1. The average molecular weight is 241 g/mol. The lowest BCUT2D eigenvalue weighted by Gasteiger charge is -2.38. The van der Waals surface area contributed by atoms with Crippen LogP contribution in [0, 0.1) is 0 Å². The van der Waals surface area contributed by atoms with E-state index in [-0.39, 0.29) is 36.6 Å². The first-order valence-electron chi connectivity index (χ1n) is 6.00. The van der Waals surface area contributed by atoms with E-state index in [1.54, 1.807) is 0 Å². The number of carbonyl (C=O) groups excluding carboxylic acids is 2. The van der Waals surface area contributed by atoms with Crippen LogP contribution < -0.4 is 10.6 Å². The van der Waals surface area contributed by atoms with Gasteiger partial charge in [-0.3, -0.25) is 14.9 Å². The Bertz CT molecular complexity index is 301. The molecule has 1 unspecified atom stereocenters. The van der Waals surface area contributed by atoms with E-state index in [4.69, 9.17) is 4.74 Å². The first kappa shape index (κ1) is 12.3. The molecule has 0 aromatic heterocycles. The van der Waals surface area contributed by atoms with Gasteiger partial charge in [0.2, 0.25) is 11.8 Å². The maximum atomic E-state index is 12.2. The third kappa shape index (κ3) is 2.95. The van der Waals surface area contributed by atoms with E-state index in [9.17, 15) is 9.59 Å². The summed E-state index contributed by atoms with van der Waals surface area (Å²) in [5.74, 6) is -0.00948. The highest BCUT2D eigenvalue weighted by Gasteiger charge is 2.32. The summed E-state index contributed by atoms with van der Waals surface area (Å²) in [6.45, 7) is 5.76. The SMILES string of the molecule is C[C@@H]1CN(C(=O)C2CNC(=O)CN2)C[C@H](C)O1. The van der Waals surface area contributed by atoms with Crippen molar-refractivity contribution >= 4 is 11.8 Å². The molecule has 2 heterocycles. The smallest absolute Gasteiger partial charge is 0.241 e. The van der Waals surface area contributed by atoms with Gasteiger partial charge in [0.1, 0.15) is 6.04 Å². The van der Waals surface area contributed by atoms with Gasteiger partial charge in [-0.1, -0.05) is 0 Å². The summed E-state index contributed by atoms with van der Waals surface area (Å²) in [7, 11) is 0. The van der Waals surface area contributed by atoms with Crippen LogP contribution in [0.4, 0.5) is 0 Å². The van der Waals surface area contributed by atoms with Crippen molar-refractivity contribution in [2.45, 2.75) is 32.1 Å². The molecule has 0 aliphatic carbocycles. The van der Waals surface area contributed by atoms with Crippen molar-refractivity contribution in [1.29, 1.82) is 0 Å². The molecular weight excluding hydrogens is 222 g/mol. The van der Waals surface area contributed by atoms with Crippen LogP contribution in [0.2, 0.25) is 0 Å². The van der Waals surface area contributed by atoms with Gasteiger partial charge in [0, 0.05) is 19.6 Å². The molecule has 2 aliphatic rings. The third-order valence-electron chi connectivity index (χ3n) is 3.04. The minimum Gasteiger partial charge on any atom is -0.372 e. The molecule has 2 rings (SSSR count). The topological polar surface area (TPSA) is 70.7 Å². The summed E-state index contributed by atoms with van der Waals surface area (Å²) in [5.41, 5.74) is 0. The van der Waals surface area contributed by atoms with Gasteiger partial charge in [-0.25, -0.2) is 0 Å². The predicted molar refractivity (Wildman–Crippen MR) is 61.4 cm³/mol. The van der Waals surface area contributed by atoms with E-state index in [1.807, 2.05) is 18.7 Å². The summed E-state index contributed by atoms with van der Waals surface area (Å²) in [6, 6.07) is -0.301. The molecule has 0 spiro atoms. The van der Waals surface area contributed by atoms with Gasteiger partial charge >= 0.3 is 0 Å². The number of hydrogen-bond donors (Lipinski definition) is 2. The zero-order valence-electron chi connectivity index (χ0n) is 10.2. The molecule has 3 atom stereocenters. The maximum absolute atomic E-state index is 12.2. The molecule has 0 radical (unpaired) electrons. The van der Waals surface area contributed by atoms with Gasteiger partial charge in [0.05, 0.1) is 18.8 Å². The molecule has 96 valence electrons. The highest BCUT2D eigenvalue weighted by atomic mass is 16.5. The van der Waals surface area contributed by atoms with Crippen molar-refractivity contribution in [2.24, 2.45) is 0 Å². The molecule has 2 N–H and O–H groups in total. The van der Waals surface area contributed by atoms with Crippen LogP contribution >= 0.6 is 0 Å². The van der Waals surface area contributed by atoms with Gasteiger partial charge in [-0.15, -0.1) is 0 Å². The van der Waals surface area contributed by atoms with Crippen molar-refractivity contribution in [3.05, 3.63) is 0 Å². The molecule has 6 nitrogen and oxygen atoms in total. The van der Waals surface area contributed by atoms with Gasteiger partial charge in [-0.2, -0.15) is 0 Å². The number of hydrogen-bond acceptors (Lipinski definition) is 4. The Morgan fingerprint density at radius 2 is 2.00 bits per heavy atom. The fourth-order valence-corrected chi connectivity index (χ4v) is 2.32. The quantitative estimate of drug-likeness (QED) is 0.599. The van der Waals surface area contributed by atoms with E-state index < -0.39 is 0 Å². The summed E-state index contributed by atoms with van der Waals surface area (Å²) < 4.78 is 5.59. The lowest BCUT2D eigenvalue weighted by molar-refractivity contribution is -0.146. The van der Waals surface area contributed by atoms with Crippen LogP contribution in [-0.2, 0) is 14.3 Å². The van der Waals surface area contributed by atoms with Crippen molar-refractivity contribution in [3.8, 4) is 0 Å². The summed E-state index contributed by atoms with van der Waals surface area (Å²) in [5, 5.41) is 5.65. The second-order valence-corrected chi connectivity index (χ2v) is 4.74. The lowest BCUT2D eigenvalue weighted by atomic mass is 10.1. The zero-order chi connectivity index (χ0) is 12.4. The first-order valence-corrected chi connectivity index (χ1v) is 6.00. The standard InChI is InChI=1S/C11H19N3O3/c1-7-5-14(6-8(2)17-7)11(16)9-3-13-10(15)4-12-9/h7-9,12H,3-6H2,1-2H3,(H,13,15)/t7-,8+,9?. The van der Waals surface area contributed by atoms with Crippen LogP contribution in [0.1, 0.15) is 13.8 Å². The van der Waals surface area contributed by atoms with E-state index in [0.717, 1.165) is 0 Å². The second kappa shape index (κ2) is 5.01. The van der Waals surface area contributed by atoms with Crippen LogP contribution in [-0.4, -0.2) is 61.1 Å². The Hall–Kier alpha value is -1.14. The monoisotopic (exact) mass is 241 g/mol. The normalized spacial score (nSPS) is 34.4. The van der Waals surface area contributed by atoms with E-state index in [1.165, 1.54) is 0 Å². The lowest BCUT2D eigenvalue weighted by Crippen LogP contribution is -2.61. The van der Waals surface area contributed by atoms with Crippen molar-refractivity contribution in [3.63, 3.8) is 0 Å². The Kier molecular flexibility index (Phi) is 3.63. The number of amides is 2. The number of rotatable bonds is 1. The minimum atomic E-state index is -0.301. The fraction of sp³-hybridized carbons (Fsp3) is 0.818. The minimum absolute atomic E-state index is 0.0481. The Labute approximate surface area is 101 Å². The molecule has 2 fully saturated rings. The highest BCUT2D eigenvalue weighted by molar-refractivity contribution is 5.86. The molecule has 0 aromatic carbocycles. The summed E-state index contributed by atoms with van der Waals surface area (Å²) in [4.78, 5) is 25.0. The van der Waals surface area contributed by atoms with E-state index >= 15 is 0 Å². The molecule has 17 heavy (non-hydrogen) atoms. The fourth-order valence-electron chi connectivity index (χ4n) is 2.32. The number of carbonyl (C=O) groups is 2. The first-order chi connectivity index (χ1) is 8.06. The molecular formula is C11H19N3O3. The molecule has 0 bridgehead atoms. The predicted octanol–water partition coefficient (Wildman–Crippen LogP) is -1.29. The summed E-state index contributed by atoms with van der Waals surface area (Å²) >= 11 is 0. The molecule has 2 aliphatic heterocycles. The Balaban J connectivity index is 1.92. The van der Waals surface area contributed by atoms with Gasteiger partial charge in [-0.05, 0) is 13.8 Å². The van der Waals surface area contributed by atoms with Crippen LogP contribution in [0.3, 0.4) is 0 Å². The Morgan fingerprint density at radius 1 is 1.35 bits per heavy atom. The van der Waals surface area contributed by atoms with Crippen molar-refractivity contribution in [2.75, 3.05) is 26.2 Å². The van der Waals surface area contributed by atoms with E-state index in [0.29, 0.717) is 19.6 Å². The maximum Gasteiger partial charge on any atom is 0.241 e. The van der Waals surface area contributed by atoms with Crippen LogP contribution in [0.25, 0.3) is 0 Å². The zero-order valence-corrected chi connectivity index (χ0v) is 10.2. The van der Waals surface area contributed by atoms with E-state index in [2.05, 4.69) is 10.6 Å². The van der Waals surface area contributed by atoms with Gasteiger partial charge < -0.3 is 15.0 Å². The summed E-state index contributed by atoms with van der Waals surface area (Å²) in [6.07, 6.45) is 0.141. The second-order valence-electron chi connectivity index (χ2n) is 4.74. The van der Waals surface area contributed by atoms with Crippen LogP contribution in [0.15, 0.2) is 0 Å². The molecule has 2 saturated heterocycles. The number of morpholine rings is 1. The number of nitrogens with zero attached hydrogens (tertiary/aromatic N) is 1. The van der Waals surface area contributed by atoms with Crippen molar-refractivity contribution < 1.29 is 14.3 Å². The largest absolute Gasteiger partial charge is 0.372 e. The third-order valence-corrected chi connectivity index (χ3v) is 3.04. The van der Waals surface area contributed by atoms with Crippen LogP contribution in [0.5, 0.6) is 0 Å². The molecule has 0 saturated carbocycles. The van der Waals surface area contributed by atoms with Gasteiger partial charge in [0.25, 0.3) is 0 Å².